The largest absolute Gasteiger partial charge is 0.496 e. The number of pyridine rings is 1. The average Bonchev–Trinajstić information content (AvgIpc) is 2.49. The number of aromatic nitrogens is 1. The molecule has 2 heterocycles. The van der Waals surface area contributed by atoms with Crippen LogP contribution in [0, 0.1) is 13.8 Å². The molecule has 1 fully saturated rings. The maximum absolute atomic E-state index is 13.5. The van der Waals surface area contributed by atoms with Gasteiger partial charge >= 0.3 is 7.12 Å². The molecule has 0 bridgehead atoms. The van der Waals surface area contributed by atoms with Gasteiger partial charge in [-0.25, -0.2) is 0 Å². The Bertz CT molecular complexity index is 552. The Morgan fingerprint density at radius 2 is 1.57 bits per heavy atom. The van der Waals surface area contributed by atoms with E-state index in [1.807, 2.05) is 27.7 Å². The van der Waals surface area contributed by atoms with Crippen LogP contribution in [0.2, 0.25) is 0 Å². The summed E-state index contributed by atoms with van der Waals surface area (Å²) in [6, 6.07) is 1.69. The molecule has 0 radical (unpaired) electrons. The van der Waals surface area contributed by atoms with Gasteiger partial charge in [0.15, 0.2) is 0 Å². The highest BCUT2D eigenvalue weighted by Crippen LogP contribution is 2.37. The zero-order valence-corrected chi connectivity index (χ0v) is 13.7. The van der Waals surface area contributed by atoms with Gasteiger partial charge in [0.2, 0.25) is 0 Å². The molecule has 0 saturated carbocycles. The van der Waals surface area contributed by atoms with Crippen molar-refractivity contribution in [2.45, 2.75) is 65.6 Å². The molecular weight excluding hydrogens is 275 g/mol. The van der Waals surface area contributed by atoms with Gasteiger partial charge in [0, 0.05) is 18.1 Å². The quantitative estimate of drug-likeness (QED) is 0.786. The van der Waals surface area contributed by atoms with Gasteiger partial charge < -0.3 is 9.31 Å². The molecule has 21 heavy (non-hydrogen) atoms. The molecule has 0 unspecified atom stereocenters. The number of aryl methyl sites for hydroxylation is 2. The number of alkyl halides is 2. The molecule has 0 aliphatic carbocycles. The highest BCUT2D eigenvalue weighted by molar-refractivity contribution is 6.62. The molecular formula is C15H22BF2NO2. The Kier molecular flexibility index (Phi) is 3.70. The van der Waals surface area contributed by atoms with Crippen LogP contribution in [0.5, 0.6) is 0 Å². The summed E-state index contributed by atoms with van der Waals surface area (Å²) in [5.74, 6) is -2.96. The van der Waals surface area contributed by atoms with Crippen molar-refractivity contribution in [3.63, 3.8) is 0 Å². The van der Waals surface area contributed by atoms with Crippen LogP contribution in [0.3, 0.4) is 0 Å². The third-order valence-corrected chi connectivity index (χ3v) is 4.37. The van der Waals surface area contributed by atoms with E-state index in [4.69, 9.17) is 9.31 Å². The van der Waals surface area contributed by atoms with Crippen LogP contribution in [0.1, 0.15) is 51.6 Å². The first-order chi connectivity index (χ1) is 9.35. The summed E-state index contributed by atoms with van der Waals surface area (Å²) in [6.07, 6.45) is 0. The van der Waals surface area contributed by atoms with Gasteiger partial charge in [0.05, 0.1) is 11.2 Å². The topological polar surface area (TPSA) is 31.4 Å². The summed E-state index contributed by atoms with van der Waals surface area (Å²) in [6.45, 7) is 12.0. The first kappa shape index (κ1) is 16.4. The van der Waals surface area contributed by atoms with Gasteiger partial charge in [-0.1, -0.05) is 6.07 Å². The highest BCUT2D eigenvalue weighted by atomic mass is 19.3. The first-order valence-electron chi connectivity index (χ1n) is 7.07. The van der Waals surface area contributed by atoms with Crippen molar-refractivity contribution in [2.75, 3.05) is 0 Å². The Labute approximate surface area is 125 Å². The van der Waals surface area contributed by atoms with E-state index in [1.54, 1.807) is 19.9 Å². The standard InChI is InChI=1S/C15H22BF2NO2/c1-9-8-11(10(2)19-12(9)15(7,17)18)16-20-13(3,4)14(5,6)21-16/h8H,1-7H3. The van der Waals surface area contributed by atoms with E-state index in [2.05, 4.69) is 4.98 Å². The minimum atomic E-state index is -2.96. The maximum Gasteiger partial charge on any atom is 0.496 e. The fourth-order valence-corrected chi connectivity index (χ4v) is 2.38. The lowest BCUT2D eigenvalue weighted by Crippen LogP contribution is -2.41. The van der Waals surface area contributed by atoms with Crippen molar-refractivity contribution in [3.8, 4) is 0 Å². The highest BCUT2D eigenvalue weighted by Gasteiger charge is 2.52. The molecule has 6 heteroatoms. The Hall–Kier alpha value is -1.01. The lowest BCUT2D eigenvalue weighted by molar-refractivity contribution is 0.00578. The van der Waals surface area contributed by atoms with Gasteiger partial charge in [-0.05, 0) is 47.1 Å². The second-order valence-electron chi connectivity index (χ2n) is 6.81. The van der Waals surface area contributed by atoms with E-state index in [9.17, 15) is 8.78 Å². The van der Waals surface area contributed by atoms with Gasteiger partial charge in [-0.2, -0.15) is 8.78 Å². The molecule has 0 amide bonds. The summed E-state index contributed by atoms with van der Waals surface area (Å²) in [4.78, 5) is 4.07. The first-order valence-corrected chi connectivity index (χ1v) is 7.07. The number of halogens is 2. The molecule has 3 nitrogen and oxygen atoms in total. The second-order valence-corrected chi connectivity index (χ2v) is 6.81. The van der Waals surface area contributed by atoms with Crippen LogP contribution in [0.4, 0.5) is 8.78 Å². The minimum Gasteiger partial charge on any atom is -0.399 e. The molecule has 0 spiro atoms. The molecule has 1 aliphatic rings. The van der Waals surface area contributed by atoms with Crippen LogP contribution < -0.4 is 5.46 Å². The molecule has 1 aliphatic heterocycles. The zero-order chi connectivity index (χ0) is 16.2. The van der Waals surface area contributed by atoms with Gasteiger partial charge in [0.1, 0.15) is 5.69 Å². The van der Waals surface area contributed by atoms with Crippen molar-refractivity contribution < 1.29 is 18.1 Å². The number of rotatable bonds is 2. The van der Waals surface area contributed by atoms with Crippen molar-refractivity contribution in [1.29, 1.82) is 0 Å². The van der Waals surface area contributed by atoms with Crippen LogP contribution in [-0.2, 0) is 15.2 Å². The van der Waals surface area contributed by atoms with Crippen LogP contribution in [0.15, 0.2) is 6.07 Å². The Morgan fingerprint density at radius 1 is 1.10 bits per heavy atom. The fraction of sp³-hybridized carbons (Fsp3) is 0.667. The van der Waals surface area contributed by atoms with E-state index in [-0.39, 0.29) is 5.69 Å². The molecule has 1 aromatic rings. The van der Waals surface area contributed by atoms with Crippen molar-refractivity contribution in [2.24, 2.45) is 0 Å². The smallest absolute Gasteiger partial charge is 0.399 e. The molecule has 1 aromatic heterocycles. The molecule has 2 rings (SSSR count). The molecule has 0 aromatic carbocycles. The third kappa shape index (κ3) is 2.83. The SMILES string of the molecule is Cc1cc(B2OC(C)(C)C(C)(C)O2)c(C)nc1C(C)(F)F. The Morgan fingerprint density at radius 3 is 2.00 bits per heavy atom. The van der Waals surface area contributed by atoms with Gasteiger partial charge in [-0.15, -0.1) is 0 Å². The van der Waals surface area contributed by atoms with Crippen molar-refractivity contribution >= 4 is 12.6 Å². The van der Waals surface area contributed by atoms with E-state index in [0.717, 1.165) is 6.92 Å². The second kappa shape index (κ2) is 4.75. The maximum atomic E-state index is 13.5. The predicted molar refractivity (Wildman–Crippen MR) is 79.0 cm³/mol. The fourth-order valence-electron chi connectivity index (χ4n) is 2.38. The average molecular weight is 297 g/mol. The Balaban J connectivity index is 2.42. The summed E-state index contributed by atoms with van der Waals surface area (Å²) in [5, 5.41) is 0. The van der Waals surface area contributed by atoms with E-state index >= 15 is 0 Å². The molecule has 116 valence electrons. The van der Waals surface area contributed by atoms with E-state index in [1.165, 1.54) is 0 Å². The lowest BCUT2D eigenvalue weighted by atomic mass is 9.77. The molecule has 0 atom stereocenters. The minimum absolute atomic E-state index is 0.194. The van der Waals surface area contributed by atoms with Crippen LogP contribution in [0.25, 0.3) is 0 Å². The molecule has 0 N–H and O–H groups in total. The zero-order valence-electron chi connectivity index (χ0n) is 13.7. The van der Waals surface area contributed by atoms with Crippen LogP contribution >= 0.6 is 0 Å². The summed E-state index contributed by atoms with van der Waals surface area (Å²) in [5.41, 5.74) is 0.532. The normalized spacial score (nSPS) is 20.9. The van der Waals surface area contributed by atoms with Gasteiger partial charge in [-0.3, -0.25) is 4.98 Å². The number of nitrogens with zero attached hydrogens (tertiary/aromatic N) is 1. The summed E-state index contributed by atoms with van der Waals surface area (Å²) in [7, 11) is -0.583. The monoisotopic (exact) mass is 297 g/mol. The lowest BCUT2D eigenvalue weighted by Gasteiger charge is -2.32. The predicted octanol–water partition coefficient (Wildman–Crippen LogP) is 3.11. The molecule has 1 saturated heterocycles. The van der Waals surface area contributed by atoms with Gasteiger partial charge in [0.25, 0.3) is 5.92 Å². The van der Waals surface area contributed by atoms with E-state index in [0.29, 0.717) is 16.7 Å². The summed E-state index contributed by atoms with van der Waals surface area (Å²) < 4.78 is 39.0. The van der Waals surface area contributed by atoms with Crippen molar-refractivity contribution in [1.82, 2.24) is 4.98 Å². The summed E-state index contributed by atoms with van der Waals surface area (Å²) >= 11 is 0. The van der Waals surface area contributed by atoms with Crippen molar-refractivity contribution in [3.05, 3.63) is 23.0 Å². The number of hydrogen-bond donors (Lipinski definition) is 0. The number of hydrogen-bond acceptors (Lipinski definition) is 3. The third-order valence-electron chi connectivity index (χ3n) is 4.37. The van der Waals surface area contributed by atoms with E-state index < -0.39 is 24.2 Å². The van der Waals surface area contributed by atoms with Crippen LogP contribution in [-0.4, -0.2) is 23.3 Å².